The van der Waals surface area contributed by atoms with E-state index in [0.717, 1.165) is 16.6 Å². The average molecular weight is 205 g/mol. The maximum Gasteiger partial charge on any atom is 0.307 e. The van der Waals surface area contributed by atoms with Crippen molar-refractivity contribution in [3.8, 4) is 0 Å². The number of carboxylic acid groups (broad SMARTS) is 1. The molecule has 0 aliphatic carbocycles. The Morgan fingerprint density at radius 3 is 2.80 bits per heavy atom. The Bertz CT molecular complexity index is 504. The lowest BCUT2D eigenvalue weighted by molar-refractivity contribution is -0.136. The summed E-state index contributed by atoms with van der Waals surface area (Å²) in [7, 11) is 0. The van der Waals surface area contributed by atoms with Gasteiger partial charge in [-0.1, -0.05) is 6.07 Å². The van der Waals surface area contributed by atoms with Crippen molar-refractivity contribution < 1.29 is 9.90 Å². The first-order chi connectivity index (χ1) is 7.19. The summed E-state index contributed by atoms with van der Waals surface area (Å²) in [6.07, 6.45) is 0.0227. The Balaban J connectivity index is 2.41. The molecule has 5 heteroatoms. The van der Waals surface area contributed by atoms with Crippen molar-refractivity contribution >= 4 is 17.0 Å². The molecule has 1 heterocycles. The highest BCUT2D eigenvalue weighted by atomic mass is 16.4. The van der Waals surface area contributed by atoms with Crippen molar-refractivity contribution in [3.05, 3.63) is 23.8 Å². The van der Waals surface area contributed by atoms with Crippen LogP contribution in [0.4, 0.5) is 0 Å². The highest BCUT2D eigenvalue weighted by Gasteiger charge is 2.05. The van der Waals surface area contributed by atoms with Crippen LogP contribution in [0.25, 0.3) is 11.0 Å². The van der Waals surface area contributed by atoms with Crippen molar-refractivity contribution in [3.63, 3.8) is 0 Å². The van der Waals surface area contributed by atoms with Crippen LogP contribution >= 0.6 is 0 Å². The van der Waals surface area contributed by atoms with E-state index in [1.54, 1.807) is 23.0 Å². The lowest BCUT2D eigenvalue weighted by Crippen LogP contribution is -1.99. The van der Waals surface area contributed by atoms with E-state index in [0.29, 0.717) is 6.54 Å². The van der Waals surface area contributed by atoms with Gasteiger partial charge in [0.2, 0.25) is 0 Å². The molecule has 0 radical (unpaired) electrons. The molecule has 0 saturated carbocycles. The molecule has 0 aliphatic heterocycles. The minimum Gasteiger partial charge on any atom is -0.481 e. The number of aliphatic carboxylic acids is 1. The highest BCUT2D eigenvalue weighted by Crippen LogP contribution is 2.12. The number of benzene rings is 1. The topological polar surface area (TPSA) is 68.0 Å². The Hall–Kier alpha value is -1.91. The van der Waals surface area contributed by atoms with Gasteiger partial charge in [0.25, 0.3) is 0 Å². The van der Waals surface area contributed by atoms with Crippen LogP contribution in [0, 0.1) is 0 Å². The van der Waals surface area contributed by atoms with Gasteiger partial charge in [0.1, 0.15) is 11.0 Å². The molecule has 15 heavy (non-hydrogen) atoms. The zero-order valence-electron chi connectivity index (χ0n) is 8.34. The number of aryl methyl sites for hydroxylation is 1. The van der Waals surface area contributed by atoms with Crippen LogP contribution in [-0.2, 0) is 17.8 Å². The molecule has 0 aliphatic rings. The van der Waals surface area contributed by atoms with E-state index >= 15 is 0 Å². The smallest absolute Gasteiger partial charge is 0.307 e. The Labute approximate surface area is 86.3 Å². The van der Waals surface area contributed by atoms with E-state index < -0.39 is 5.97 Å². The largest absolute Gasteiger partial charge is 0.481 e. The van der Waals surface area contributed by atoms with Crippen molar-refractivity contribution in [1.29, 1.82) is 0 Å². The number of rotatable bonds is 3. The second-order valence-electron chi connectivity index (χ2n) is 3.28. The molecule has 78 valence electrons. The van der Waals surface area contributed by atoms with Crippen LogP contribution in [0.1, 0.15) is 12.5 Å². The van der Waals surface area contributed by atoms with Crippen LogP contribution in [0.5, 0.6) is 0 Å². The summed E-state index contributed by atoms with van der Waals surface area (Å²) >= 11 is 0. The van der Waals surface area contributed by atoms with E-state index in [-0.39, 0.29) is 6.42 Å². The van der Waals surface area contributed by atoms with Gasteiger partial charge in [0, 0.05) is 0 Å². The number of carbonyl (C=O) groups is 1. The molecule has 1 aromatic carbocycles. The average Bonchev–Trinajstić information content (AvgIpc) is 2.58. The Morgan fingerprint density at radius 2 is 2.13 bits per heavy atom. The number of hydrogen-bond donors (Lipinski definition) is 1. The number of nitrogens with zero attached hydrogens (tertiary/aromatic N) is 3. The molecule has 0 amide bonds. The number of fused-ring (bicyclic) bond motifs is 1. The summed E-state index contributed by atoms with van der Waals surface area (Å²) in [5.41, 5.74) is 2.29. The van der Waals surface area contributed by atoms with E-state index in [1.165, 1.54) is 0 Å². The van der Waals surface area contributed by atoms with Gasteiger partial charge in [-0.2, -0.15) is 15.0 Å². The summed E-state index contributed by atoms with van der Waals surface area (Å²) in [4.78, 5) is 12.1. The van der Waals surface area contributed by atoms with Crippen LogP contribution in [0.15, 0.2) is 18.2 Å². The minimum atomic E-state index is -0.836. The van der Waals surface area contributed by atoms with Gasteiger partial charge in [0.05, 0.1) is 13.0 Å². The summed E-state index contributed by atoms with van der Waals surface area (Å²) in [6.45, 7) is 2.67. The predicted octanol–water partition coefficient (Wildman–Crippen LogP) is 1.08. The monoisotopic (exact) mass is 205 g/mol. The van der Waals surface area contributed by atoms with Crippen LogP contribution < -0.4 is 0 Å². The molecule has 5 nitrogen and oxygen atoms in total. The fourth-order valence-electron chi connectivity index (χ4n) is 1.43. The highest BCUT2D eigenvalue weighted by molar-refractivity contribution is 5.77. The molecule has 0 spiro atoms. The van der Waals surface area contributed by atoms with E-state index in [4.69, 9.17) is 5.11 Å². The second-order valence-corrected chi connectivity index (χ2v) is 3.28. The van der Waals surface area contributed by atoms with Gasteiger partial charge >= 0.3 is 5.97 Å². The maximum absolute atomic E-state index is 10.5. The molecule has 0 saturated heterocycles. The third-order valence-corrected chi connectivity index (χ3v) is 2.12. The Kier molecular flexibility index (Phi) is 2.37. The van der Waals surface area contributed by atoms with Crippen LogP contribution in [-0.4, -0.2) is 26.1 Å². The first-order valence-electron chi connectivity index (χ1n) is 4.74. The predicted molar refractivity (Wildman–Crippen MR) is 54.5 cm³/mol. The molecular weight excluding hydrogens is 194 g/mol. The zero-order chi connectivity index (χ0) is 10.8. The van der Waals surface area contributed by atoms with Gasteiger partial charge in [-0.25, -0.2) is 0 Å². The molecule has 1 N–H and O–H groups in total. The SMILES string of the molecule is CCn1nc2ccc(CC(=O)O)cc2n1. The van der Waals surface area contributed by atoms with Gasteiger partial charge in [-0.15, -0.1) is 0 Å². The molecule has 1 aromatic heterocycles. The Morgan fingerprint density at radius 1 is 1.40 bits per heavy atom. The molecule has 2 rings (SSSR count). The van der Waals surface area contributed by atoms with Crippen molar-refractivity contribution in [2.75, 3.05) is 0 Å². The van der Waals surface area contributed by atoms with E-state index in [2.05, 4.69) is 10.2 Å². The fraction of sp³-hybridized carbons (Fsp3) is 0.300. The third-order valence-electron chi connectivity index (χ3n) is 2.12. The molecule has 0 bridgehead atoms. The van der Waals surface area contributed by atoms with Gasteiger partial charge in [0.15, 0.2) is 0 Å². The van der Waals surface area contributed by atoms with Crippen LogP contribution in [0.2, 0.25) is 0 Å². The van der Waals surface area contributed by atoms with Gasteiger partial charge in [-0.3, -0.25) is 4.79 Å². The molecular formula is C10H11N3O2. The number of hydrogen-bond acceptors (Lipinski definition) is 3. The van der Waals surface area contributed by atoms with Crippen LogP contribution in [0.3, 0.4) is 0 Å². The van der Waals surface area contributed by atoms with E-state index in [9.17, 15) is 4.79 Å². The summed E-state index contributed by atoms with van der Waals surface area (Å²) in [5, 5.41) is 17.1. The quantitative estimate of drug-likeness (QED) is 0.814. The fourth-order valence-corrected chi connectivity index (χ4v) is 1.43. The van der Waals surface area contributed by atoms with Gasteiger partial charge in [-0.05, 0) is 24.6 Å². The van der Waals surface area contributed by atoms with Crippen molar-refractivity contribution in [2.24, 2.45) is 0 Å². The first kappa shape index (κ1) is 9.64. The summed E-state index contributed by atoms with van der Waals surface area (Å²) in [6, 6.07) is 5.33. The number of carboxylic acids is 1. The van der Waals surface area contributed by atoms with Gasteiger partial charge < -0.3 is 5.11 Å². The standard InChI is InChI=1S/C10H11N3O2/c1-2-13-11-8-4-3-7(6-10(14)15)5-9(8)12-13/h3-5H,2,6H2,1H3,(H,14,15). The summed E-state index contributed by atoms with van der Waals surface area (Å²) < 4.78 is 0. The van der Waals surface area contributed by atoms with E-state index in [1.807, 2.05) is 6.92 Å². The minimum absolute atomic E-state index is 0.0227. The normalized spacial score (nSPS) is 10.7. The lowest BCUT2D eigenvalue weighted by Gasteiger charge is -1.94. The lowest BCUT2D eigenvalue weighted by atomic mass is 10.1. The summed E-state index contributed by atoms with van der Waals surface area (Å²) in [5.74, 6) is -0.836. The first-order valence-corrected chi connectivity index (χ1v) is 4.74. The van der Waals surface area contributed by atoms with Crippen molar-refractivity contribution in [2.45, 2.75) is 19.9 Å². The second kappa shape index (κ2) is 3.68. The molecule has 0 unspecified atom stereocenters. The molecule has 2 aromatic rings. The number of aromatic nitrogens is 3. The third kappa shape index (κ3) is 1.96. The van der Waals surface area contributed by atoms with Crippen molar-refractivity contribution in [1.82, 2.24) is 15.0 Å². The maximum atomic E-state index is 10.5. The zero-order valence-corrected chi connectivity index (χ0v) is 8.34. The molecule has 0 atom stereocenters. The molecule has 0 fully saturated rings.